The molecule has 42 heavy (non-hydrogen) atoms. The summed E-state index contributed by atoms with van der Waals surface area (Å²) in [6, 6.07) is 44.2. The molecule has 0 N–H and O–H groups in total. The van der Waals surface area contributed by atoms with Gasteiger partial charge in [0.1, 0.15) is 0 Å². The second-order valence-electron chi connectivity index (χ2n) is 10.5. The molecule has 0 aliphatic heterocycles. The van der Waals surface area contributed by atoms with Crippen molar-refractivity contribution in [1.29, 1.82) is 0 Å². The van der Waals surface area contributed by atoms with Gasteiger partial charge in [-0.05, 0) is 48.6 Å². The van der Waals surface area contributed by atoms with Crippen molar-refractivity contribution in [1.82, 2.24) is 0 Å². The number of hydrogen-bond donors (Lipinski definition) is 0. The minimum atomic E-state index is 0. The molecule has 0 saturated heterocycles. The van der Waals surface area contributed by atoms with Gasteiger partial charge in [-0.1, -0.05) is 83.9 Å². The average molecular weight is 642 g/mol. The van der Waals surface area contributed by atoms with Crippen LogP contribution in [-0.2, 0) is 23.3 Å². The van der Waals surface area contributed by atoms with Gasteiger partial charge in [0.2, 0.25) is 0 Å². The van der Waals surface area contributed by atoms with Crippen molar-refractivity contribution in [3.05, 3.63) is 162 Å². The van der Waals surface area contributed by atoms with Crippen LogP contribution in [0.4, 0.5) is 0 Å². The van der Waals surface area contributed by atoms with Gasteiger partial charge >= 0.3 is 30.2 Å². The van der Waals surface area contributed by atoms with Crippen LogP contribution in [0.25, 0.3) is 43.8 Å². The third-order valence-electron chi connectivity index (χ3n) is 7.81. The van der Waals surface area contributed by atoms with Gasteiger partial charge in [-0.15, -0.1) is 69.1 Å². The molecule has 6 aromatic carbocycles. The molecule has 0 bridgehead atoms. The van der Waals surface area contributed by atoms with Crippen molar-refractivity contribution in [3.8, 4) is 22.3 Å². The predicted octanol–water partition coefficient (Wildman–Crippen LogP) is 11.6. The summed E-state index contributed by atoms with van der Waals surface area (Å²) in [4.78, 5) is 0. The summed E-state index contributed by atoms with van der Waals surface area (Å²) in [6.07, 6.45) is 5.49. The molecule has 0 nitrogen and oxygen atoms in total. The first kappa shape index (κ1) is 35.4. The summed E-state index contributed by atoms with van der Waals surface area (Å²) in [7, 11) is 0. The zero-order chi connectivity index (χ0) is 25.9. The number of rotatable bonds is 4. The van der Waals surface area contributed by atoms with Crippen LogP contribution < -0.4 is 0 Å². The first-order valence-corrected chi connectivity index (χ1v) is 17.8. The average Bonchev–Trinajstić information content (AvgIpc) is 3.93. The van der Waals surface area contributed by atoms with Crippen LogP contribution in [0.3, 0.4) is 0 Å². The molecule has 2 aliphatic rings. The fourth-order valence-corrected chi connectivity index (χ4v) is 5.56. The minimum Gasteiger partial charge on any atom is -0.164 e. The van der Waals surface area contributed by atoms with E-state index in [1.54, 1.807) is 0 Å². The second-order valence-corrected chi connectivity index (χ2v) is 10.5. The zero-order valence-electron chi connectivity index (χ0n) is 25.5. The molecule has 2 aliphatic carbocycles. The van der Waals surface area contributed by atoms with E-state index < -0.39 is 0 Å². The fraction of sp³-hybridized carbons (Fsp3) is 0.150. The van der Waals surface area contributed by atoms with Crippen molar-refractivity contribution >= 4 is 28.4 Å². The minimum absolute atomic E-state index is 0. The summed E-state index contributed by atoms with van der Waals surface area (Å²) in [5, 5.41) is 5.59. The normalized spacial score (nSPS) is 13.0. The smallest absolute Gasteiger partial charge is 0.0279 e. The van der Waals surface area contributed by atoms with E-state index in [1.807, 2.05) is 0 Å². The Morgan fingerprint density at radius 3 is 1.17 bits per heavy atom. The van der Waals surface area contributed by atoms with Crippen molar-refractivity contribution in [2.45, 2.75) is 37.5 Å². The van der Waals surface area contributed by atoms with Gasteiger partial charge in [0.25, 0.3) is 0 Å². The maximum Gasteiger partial charge on any atom is -0.0279 e. The van der Waals surface area contributed by atoms with Gasteiger partial charge in [-0.25, -0.2) is 0 Å². The van der Waals surface area contributed by atoms with Gasteiger partial charge in [0.05, 0.1) is 0 Å². The molecule has 0 unspecified atom stereocenters. The number of benzene rings is 4. The Hall–Kier alpha value is -2.80. The summed E-state index contributed by atoms with van der Waals surface area (Å²) < 4.78 is 0. The van der Waals surface area contributed by atoms with E-state index in [2.05, 4.69) is 128 Å². The van der Waals surface area contributed by atoms with Crippen molar-refractivity contribution in [2.75, 3.05) is 0 Å². The van der Waals surface area contributed by atoms with Crippen LogP contribution in [-0.4, -0.2) is 6.88 Å². The van der Waals surface area contributed by atoms with Crippen LogP contribution in [0, 0.1) is 29.7 Å². The quantitative estimate of drug-likeness (QED) is 0.133. The van der Waals surface area contributed by atoms with Crippen molar-refractivity contribution in [3.63, 3.8) is 0 Å². The maximum atomic E-state index is 3.06. The van der Waals surface area contributed by atoms with Crippen LogP contribution in [0.15, 0.2) is 121 Å². The van der Waals surface area contributed by atoms with Crippen molar-refractivity contribution in [2.24, 2.45) is 0 Å². The molecule has 0 spiro atoms. The maximum absolute atomic E-state index is 3.06. The molecule has 0 heterocycles. The molecule has 0 atom stereocenters. The Balaban J connectivity index is 0.000000254. The molecule has 6 aromatic rings. The van der Waals surface area contributed by atoms with E-state index in [9.17, 15) is 0 Å². The summed E-state index contributed by atoms with van der Waals surface area (Å²) >= 11 is 1.36. The Morgan fingerprint density at radius 2 is 0.833 bits per heavy atom. The van der Waals surface area contributed by atoms with Crippen LogP contribution in [0.5, 0.6) is 0 Å². The Morgan fingerprint density at radius 1 is 0.476 bits per heavy atom. The molecule has 0 aromatic heterocycles. The SMILES string of the molecule is [CH3-].[CH3-].[CH3-].[CH3-].[Si]=[Zr].c1ccc(-c2cccc3[cH-]c(C4CC4)cc23)cc1.c1ccc(-c2cccc3[cH-]c(C4CC4)cc23)cc1. The van der Waals surface area contributed by atoms with Gasteiger partial charge < -0.3 is 29.7 Å². The predicted molar refractivity (Wildman–Crippen MR) is 185 cm³/mol. The summed E-state index contributed by atoms with van der Waals surface area (Å²) in [6.45, 7) is 3.06. The molecular weight excluding hydrogens is 600 g/mol. The van der Waals surface area contributed by atoms with Crippen LogP contribution >= 0.6 is 0 Å². The van der Waals surface area contributed by atoms with E-state index in [-0.39, 0.29) is 29.7 Å². The second kappa shape index (κ2) is 16.2. The Labute approximate surface area is 272 Å². The molecule has 2 heteroatoms. The van der Waals surface area contributed by atoms with Gasteiger partial charge in [-0.2, -0.15) is 12.1 Å². The molecule has 0 amide bonds. The van der Waals surface area contributed by atoms with E-state index in [0.29, 0.717) is 0 Å². The third kappa shape index (κ3) is 7.77. The monoisotopic (exact) mass is 640 g/mol. The zero-order valence-corrected chi connectivity index (χ0v) is 29.0. The molecule has 2 saturated carbocycles. The van der Waals surface area contributed by atoms with Crippen molar-refractivity contribution < 1.29 is 23.3 Å². The van der Waals surface area contributed by atoms with E-state index >= 15 is 0 Å². The topological polar surface area (TPSA) is 0 Å². The van der Waals surface area contributed by atoms with E-state index in [0.717, 1.165) is 11.8 Å². The van der Waals surface area contributed by atoms with E-state index in [4.69, 9.17) is 0 Å². The summed E-state index contributed by atoms with van der Waals surface area (Å²) in [5.74, 6) is 1.67. The fourth-order valence-electron chi connectivity index (χ4n) is 5.56. The number of hydrogen-bond acceptors (Lipinski definition) is 0. The summed E-state index contributed by atoms with van der Waals surface area (Å²) in [5.41, 5.74) is 8.42. The largest absolute Gasteiger partial charge is 0.164 e. The van der Waals surface area contributed by atoms with Gasteiger partial charge in [0.15, 0.2) is 0 Å². The first-order valence-electron chi connectivity index (χ1n) is 13.6. The molecule has 2 fully saturated rings. The van der Waals surface area contributed by atoms with Gasteiger partial charge in [-0.3, -0.25) is 0 Å². The Bertz CT molecular complexity index is 1520. The number of fused-ring (bicyclic) bond motifs is 2. The van der Waals surface area contributed by atoms with E-state index in [1.165, 1.54) is 104 Å². The molecule has 2 radical (unpaired) electrons. The Kier molecular flexibility index (Phi) is 13.6. The molecular formula is C40H42SiZr-6. The standard InChI is InChI=1S/2C18H15.4CH3.Si.Zr/c2*1-2-5-14(6-3-1)17-8-4-7-15-11-16(12-18(15)17)13-9-10-13;;;;;;/h2*1-8,11-13H,9-10H2;4*1H3;;/q6*-1;;. The molecule has 216 valence electrons. The first-order chi connectivity index (χ1) is 18.8. The van der Waals surface area contributed by atoms with Gasteiger partial charge in [0, 0.05) is 0 Å². The third-order valence-corrected chi connectivity index (χ3v) is 7.81. The molecule has 8 rings (SSSR count). The van der Waals surface area contributed by atoms with Crippen LogP contribution in [0.1, 0.15) is 48.6 Å². The van der Waals surface area contributed by atoms with Crippen LogP contribution in [0.2, 0.25) is 0 Å².